The summed E-state index contributed by atoms with van der Waals surface area (Å²) in [5.74, 6) is -2.22. The molecule has 0 radical (unpaired) electrons. The molecule has 0 spiro atoms. The van der Waals surface area contributed by atoms with Crippen molar-refractivity contribution in [3.63, 3.8) is 0 Å². The normalized spacial score (nSPS) is 16.8. The fraction of sp³-hybridized carbons (Fsp3) is 0.559. The maximum absolute atomic E-state index is 14.0. The summed E-state index contributed by atoms with van der Waals surface area (Å²) in [5.41, 5.74) is 1.63. The number of hydrogen-bond acceptors (Lipinski definition) is 5. The predicted octanol–water partition coefficient (Wildman–Crippen LogP) is 4.62. The second kappa shape index (κ2) is 17.2. The van der Waals surface area contributed by atoms with E-state index in [4.69, 9.17) is 0 Å². The second-order valence-corrected chi connectivity index (χ2v) is 11.8. The van der Waals surface area contributed by atoms with Crippen LogP contribution in [0.1, 0.15) is 91.1 Å². The number of rotatable bonds is 15. The van der Waals surface area contributed by atoms with Crippen LogP contribution in [0.15, 0.2) is 36.4 Å². The highest BCUT2D eigenvalue weighted by molar-refractivity contribution is 6.00. The lowest BCUT2D eigenvalue weighted by Gasteiger charge is -2.28. The van der Waals surface area contributed by atoms with Crippen molar-refractivity contribution in [3.05, 3.63) is 70.3 Å². The van der Waals surface area contributed by atoms with Crippen molar-refractivity contribution >= 4 is 17.7 Å². The Morgan fingerprint density at radius 1 is 0.977 bits per heavy atom. The zero-order valence-electron chi connectivity index (χ0n) is 26.5. The first-order valence-electron chi connectivity index (χ1n) is 15.9. The molecule has 242 valence electrons. The van der Waals surface area contributed by atoms with Gasteiger partial charge >= 0.3 is 0 Å². The van der Waals surface area contributed by atoms with Crippen LogP contribution >= 0.6 is 0 Å². The van der Waals surface area contributed by atoms with E-state index in [1.807, 2.05) is 25.7 Å². The van der Waals surface area contributed by atoms with Gasteiger partial charge < -0.3 is 25.5 Å². The summed E-state index contributed by atoms with van der Waals surface area (Å²) in [4.78, 5) is 43.6. The molecule has 1 aliphatic rings. The molecule has 3 amide bonds. The van der Waals surface area contributed by atoms with Gasteiger partial charge in [0.25, 0.3) is 11.8 Å². The van der Waals surface area contributed by atoms with Crippen LogP contribution < -0.4 is 10.6 Å². The zero-order valence-corrected chi connectivity index (χ0v) is 26.5. The maximum Gasteiger partial charge on any atom is 0.253 e. The van der Waals surface area contributed by atoms with Gasteiger partial charge in [-0.05, 0) is 93.3 Å². The lowest BCUT2D eigenvalue weighted by Crippen LogP contribution is -2.52. The molecular weight excluding hydrogens is 566 g/mol. The number of halogens is 2. The van der Waals surface area contributed by atoms with Crippen LogP contribution in [0.4, 0.5) is 8.78 Å². The largest absolute Gasteiger partial charge is 0.390 e. The first kappa shape index (κ1) is 35.1. The van der Waals surface area contributed by atoms with Crippen LogP contribution in [-0.4, -0.2) is 83.5 Å². The van der Waals surface area contributed by atoms with Gasteiger partial charge in [-0.3, -0.25) is 14.4 Å². The smallest absolute Gasteiger partial charge is 0.253 e. The van der Waals surface area contributed by atoms with E-state index >= 15 is 0 Å². The Balaban J connectivity index is 1.83. The molecule has 2 aromatic carbocycles. The number of hydrogen-bond donors (Lipinski definition) is 3. The average Bonchev–Trinajstić information content (AvgIpc) is 3.15. The number of aliphatic hydroxyl groups excluding tert-OH is 1. The van der Waals surface area contributed by atoms with E-state index < -0.39 is 35.7 Å². The molecule has 0 saturated carbocycles. The maximum atomic E-state index is 14.0. The molecular formula is C34H48F2N4O4. The number of benzene rings is 2. The molecule has 3 atom stereocenters. The van der Waals surface area contributed by atoms with E-state index in [-0.39, 0.29) is 35.9 Å². The highest BCUT2D eigenvalue weighted by Crippen LogP contribution is 2.17. The second-order valence-electron chi connectivity index (χ2n) is 11.8. The van der Waals surface area contributed by atoms with Crippen molar-refractivity contribution in [1.29, 1.82) is 0 Å². The van der Waals surface area contributed by atoms with Crippen molar-refractivity contribution in [3.8, 4) is 0 Å². The van der Waals surface area contributed by atoms with Gasteiger partial charge in [0.1, 0.15) is 11.6 Å². The summed E-state index contributed by atoms with van der Waals surface area (Å²) >= 11 is 0. The Labute approximate surface area is 260 Å². The number of nitrogens with one attached hydrogen (secondary N) is 2. The molecule has 8 nitrogen and oxygen atoms in total. The van der Waals surface area contributed by atoms with E-state index in [0.29, 0.717) is 38.2 Å². The fourth-order valence-electron chi connectivity index (χ4n) is 5.78. The van der Waals surface area contributed by atoms with Crippen molar-refractivity contribution in [2.45, 2.75) is 90.8 Å². The first-order chi connectivity index (χ1) is 21.1. The van der Waals surface area contributed by atoms with Gasteiger partial charge in [0.15, 0.2) is 0 Å². The monoisotopic (exact) mass is 614 g/mol. The van der Waals surface area contributed by atoms with Crippen molar-refractivity contribution < 1.29 is 28.3 Å². The van der Waals surface area contributed by atoms with E-state index in [1.54, 1.807) is 30.0 Å². The molecule has 0 bridgehead atoms. The average molecular weight is 615 g/mol. The lowest BCUT2D eigenvalue weighted by molar-refractivity contribution is -0.133. The molecule has 44 heavy (non-hydrogen) atoms. The summed E-state index contributed by atoms with van der Waals surface area (Å²) in [6.07, 6.45) is 3.63. The molecule has 2 aromatic rings. The number of aryl methyl sites for hydroxylation is 1. The van der Waals surface area contributed by atoms with Gasteiger partial charge in [-0.2, -0.15) is 0 Å². The minimum Gasteiger partial charge on any atom is -0.390 e. The summed E-state index contributed by atoms with van der Waals surface area (Å²) in [6.45, 7) is 10.4. The van der Waals surface area contributed by atoms with Crippen LogP contribution in [0.2, 0.25) is 0 Å². The molecule has 0 unspecified atom stereocenters. The highest BCUT2D eigenvalue weighted by atomic mass is 19.1. The molecule has 1 fully saturated rings. The molecule has 10 heteroatoms. The van der Waals surface area contributed by atoms with Crippen LogP contribution in [-0.2, 0) is 11.2 Å². The van der Waals surface area contributed by atoms with Crippen molar-refractivity contribution in [2.75, 3.05) is 32.7 Å². The third kappa shape index (κ3) is 10.1. The molecule has 0 aliphatic carbocycles. The van der Waals surface area contributed by atoms with Crippen LogP contribution in [0.5, 0.6) is 0 Å². The molecule has 0 aromatic heterocycles. The van der Waals surface area contributed by atoms with E-state index in [9.17, 15) is 28.3 Å². The van der Waals surface area contributed by atoms with Gasteiger partial charge in [-0.15, -0.1) is 0 Å². The van der Waals surface area contributed by atoms with Crippen LogP contribution in [0.3, 0.4) is 0 Å². The van der Waals surface area contributed by atoms with Crippen molar-refractivity contribution in [2.24, 2.45) is 0 Å². The standard InChI is InChI=1S/C34H48F2N4O4/c1-5-11-39(12-6-2)33(43)26-16-23(4)15-25(20-26)32(42)38-30(19-24-17-27(35)21-28(36)18-24)31(41)22-37-29-10-8-9-14-40(13-7-3)34(29)44/h15-18,20-21,29-31,37,41H,5-14,19,22H2,1-4H3,(H,38,42)/t29-,30-,31+/m1/s1. The Morgan fingerprint density at radius 2 is 1.64 bits per heavy atom. The summed E-state index contributed by atoms with van der Waals surface area (Å²) in [7, 11) is 0. The summed E-state index contributed by atoms with van der Waals surface area (Å²) < 4.78 is 28.1. The van der Waals surface area contributed by atoms with E-state index in [1.165, 1.54) is 12.1 Å². The predicted molar refractivity (Wildman–Crippen MR) is 168 cm³/mol. The Bertz CT molecular complexity index is 1250. The van der Waals surface area contributed by atoms with Crippen molar-refractivity contribution in [1.82, 2.24) is 20.4 Å². The zero-order chi connectivity index (χ0) is 32.2. The minimum atomic E-state index is -1.18. The third-order valence-electron chi connectivity index (χ3n) is 7.87. The van der Waals surface area contributed by atoms with Gasteiger partial charge in [0.05, 0.1) is 18.2 Å². The Morgan fingerprint density at radius 3 is 2.27 bits per heavy atom. The van der Waals surface area contributed by atoms with Gasteiger partial charge in [0, 0.05) is 49.9 Å². The number of nitrogens with zero attached hydrogens (tertiary/aromatic N) is 2. The molecule has 3 rings (SSSR count). The molecule has 1 heterocycles. The first-order valence-corrected chi connectivity index (χ1v) is 15.9. The third-order valence-corrected chi connectivity index (χ3v) is 7.87. The quantitative estimate of drug-likeness (QED) is 0.272. The summed E-state index contributed by atoms with van der Waals surface area (Å²) in [5, 5.41) is 17.3. The van der Waals surface area contributed by atoms with Gasteiger partial charge in [-0.25, -0.2) is 8.78 Å². The number of carbonyl (C=O) groups is 3. The van der Waals surface area contributed by atoms with Crippen LogP contribution in [0, 0.1) is 18.6 Å². The van der Waals surface area contributed by atoms with E-state index in [0.717, 1.165) is 43.7 Å². The topological polar surface area (TPSA) is 102 Å². The number of aliphatic hydroxyl groups is 1. The van der Waals surface area contributed by atoms with Gasteiger partial charge in [-0.1, -0.05) is 20.8 Å². The van der Waals surface area contributed by atoms with Crippen LogP contribution in [0.25, 0.3) is 0 Å². The Kier molecular flexibility index (Phi) is 13.7. The lowest BCUT2D eigenvalue weighted by atomic mass is 9.99. The number of amides is 3. The minimum absolute atomic E-state index is 0.0125. The van der Waals surface area contributed by atoms with Gasteiger partial charge in [0.2, 0.25) is 5.91 Å². The summed E-state index contributed by atoms with van der Waals surface area (Å²) in [6, 6.07) is 6.63. The number of carbonyl (C=O) groups excluding carboxylic acids is 3. The SMILES string of the molecule is CCCN(CCC)C(=O)c1cc(C)cc(C(=O)N[C@H](Cc2cc(F)cc(F)c2)[C@@H](O)CN[C@@H]2CCCCN(CCC)C2=O)c1. The fourth-order valence-corrected chi connectivity index (χ4v) is 5.78. The Hall–Kier alpha value is -3.37. The molecule has 3 N–H and O–H groups in total. The number of likely N-dealkylation sites (tertiary alicyclic amines) is 1. The molecule has 1 aliphatic heterocycles. The van der Waals surface area contributed by atoms with E-state index in [2.05, 4.69) is 10.6 Å². The molecule has 1 saturated heterocycles. The highest BCUT2D eigenvalue weighted by Gasteiger charge is 2.29.